The molecule has 0 saturated carbocycles. The summed E-state index contributed by atoms with van der Waals surface area (Å²) in [5.41, 5.74) is 1.41. The molecule has 1 unspecified atom stereocenters. The normalized spacial score (nSPS) is 10.7. The number of benzene rings is 1. The van der Waals surface area contributed by atoms with Gasteiger partial charge in [-0.25, -0.2) is 0 Å². The second kappa shape index (κ2) is 10.2. The Kier molecular flexibility index (Phi) is 13.8. The monoisotopic (exact) mass is 252 g/mol. The number of hydrogen-bond donors (Lipinski definition) is 1. The number of nitrogens with zero attached hydrogens (tertiary/aromatic N) is 1. The third-order valence-corrected chi connectivity index (χ3v) is 2.19. The summed E-state index contributed by atoms with van der Waals surface area (Å²) in [4.78, 5) is 2.26. The van der Waals surface area contributed by atoms with Gasteiger partial charge in [0.25, 0.3) is 0 Å². The molecular formula is C11H22Cl2N2. The Morgan fingerprint density at radius 1 is 1.07 bits per heavy atom. The highest BCUT2D eigenvalue weighted by molar-refractivity contribution is 5.85. The zero-order chi connectivity index (χ0) is 8.97. The molecule has 0 radical (unpaired) electrons. The summed E-state index contributed by atoms with van der Waals surface area (Å²) in [6.07, 6.45) is 1.16. The summed E-state index contributed by atoms with van der Waals surface area (Å²) < 4.78 is 0. The van der Waals surface area contributed by atoms with Crippen LogP contribution in [0.3, 0.4) is 0 Å². The molecule has 1 rings (SSSR count). The van der Waals surface area contributed by atoms with E-state index in [0.29, 0.717) is 6.04 Å². The highest BCUT2D eigenvalue weighted by atomic mass is 35.5. The van der Waals surface area contributed by atoms with Gasteiger partial charge in [0.15, 0.2) is 0 Å². The molecular weight excluding hydrogens is 231 g/mol. The van der Waals surface area contributed by atoms with Crippen molar-refractivity contribution in [3.05, 3.63) is 35.9 Å². The molecule has 0 aliphatic heterocycles. The third-order valence-electron chi connectivity index (χ3n) is 2.19. The van der Waals surface area contributed by atoms with Crippen molar-refractivity contribution in [2.45, 2.75) is 19.4 Å². The summed E-state index contributed by atoms with van der Waals surface area (Å²) in [7, 11) is 4.25. The van der Waals surface area contributed by atoms with Crippen LogP contribution in [0.5, 0.6) is 0 Å². The lowest BCUT2D eigenvalue weighted by Gasteiger charge is -2.22. The largest absolute Gasteiger partial charge is 0.344 e. The Morgan fingerprint density at radius 3 is 1.87 bits per heavy atom. The summed E-state index contributed by atoms with van der Waals surface area (Å²) in [6, 6.07) is 11.2. The Bertz CT molecular complexity index is 227. The quantitative estimate of drug-likeness (QED) is 0.891. The van der Waals surface area contributed by atoms with E-state index >= 15 is 0 Å². The molecule has 15 heavy (non-hydrogen) atoms. The van der Waals surface area contributed by atoms with Crippen molar-refractivity contribution < 1.29 is 0 Å². The average Bonchev–Trinajstić information content (AvgIpc) is 2.07. The van der Waals surface area contributed by atoms with E-state index in [0.717, 1.165) is 6.42 Å². The minimum Gasteiger partial charge on any atom is -0.344 e. The standard InChI is InChI=1S/C11H17N.2ClH.H3N/c1-4-11(12(2)3)10-8-6-5-7-9-10;;;/h5-9,11H,4H2,1-3H3;2*1H;1H3. The van der Waals surface area contributed by atoms with Gasteiger partial charge in [-0.05, 0) is 26.1 Å². The van der Waals surface area contributed by atoms with Crippen LogP contribution in [0.1, 0.15) is 24.9 Å². The molecule has 1 atom stereocenters. The molecule has 0 fully saturated rings. The van der Waals surface area contributed by atoms with Crippen molar-refractivity contribution in [1.29, 1.82) is 0 Å². The van der Waals surface area contributed by atoms with E-state index in [9.17, 15) is 0 Å². The fourth-order valence-electron chi connectivity index (χ4n) is 1.57. The highest BCUT2D eigenvalue weighted by Gasteiger charge is 2.09. The lowest BCUT2D eigenvalue weighted by molar-refractivity contribution is 0.292. The zero-order valence-electron chi connectivity index (χ0n) is 9.64. The Balaban J connectivity index is -0.000000480. The van der Waals surface area contributed by atoms with Gasteiger partial charge in [-0.15, -0.1) is 24.8 Å². The minimum atomic E-state index is 0. The predicted molar refractivity (Wildman–Crippen MR) is 72.7 cm³/mol. The summed E-state index contributed by atoms with van der Waals surface area (Å²) in [6.45, 7) is 2.22. The van der Waals surface area contributed by atoms with Gasteiger partial charge >= 0.3 is 0 Å². The van der Waals surface area contributed by atoms with E-state index in [-0.39, 0.29) is 31.0 Å². The maximum atomic E-state index is 2.26. The van der Waals surface area contributed by atoms with Gasteiger partial charge in [0.05, 0.1) is 0 Å². The van der Waals surface area contributed by atoms with Crippen LogP contribution in [0, 0.1) is 0 Å². The van der Waals surface area contributed by atoms with E-state index in [1.165, 1.54) is 5.56 Å². The van der Waals surface area contributed by atoms with Gasteiger partial charge in [0.2, 0.25) is 0 Å². The molecule has 2 nitrogen and oxygen atoms in total. The van der Waals surface area contributed by atoms with Crippen LogP contribution >= 0.6 is 24.8 Å². The van der Waals surface area contributed by atoms with Crippen molar-refractivity contribution in [2.75, 3.05) is 14.1 Å². The van der Waals surface area contributed by atoms with Crippen LogP contribution in [0.15, 0.2) is 30.3 Å². The first-order valence-electron chi connectivity index (χ1n) is 4.47. The van der Waals surface area contributed by atoms with E-state index in [1.807, 2.05) is 0 Å². The van der Waals surface area contributed by atoms with Crippen molar-refractivity contribution in [1.82, 2.24) is 11.1 Å². The second-order valence-electron chi connectivity index (χ2n) is 3.30. The summed E-state index contributed by atoms with van der Waals surface area (Å²) >= 11 is 0. The fourth-order valence-corrected chi connectivity index (χ4v) is 1.57. The lowest BCUT2D eigenvalue weighted by Crippen LogP contribution is -2.18. The molecule has 0 bridgehead atoms. The molecule has 0 aliphatic carbocycles. The van der Waals surface area contributed by atoms with E-state index < -0.39 is 0 Å². The Morgan fingerprint density at radius 2 is 1.53 bits per heavy atom. The van der Waals surface area contributed by atoms with Gasteiger partial charge in [-0.2, -0.15) is 0 Å². The summed E-state index contributed by atoms with van der Waals surface area (Å²) in [5.74, 6) is 0. The maximum Gasteiger partial charge on any atom is 0.0339 e. The molecule has 1 aromatic rings. The average molecular weight is 253 g/mol. The smallest absolute Gasteiger partial charge is 0.0339 e. The van der Waals surface area contributed by atoms with Crippen molar-refractivity contribution in [2.24, 2.45) is 0 Å². The SMILES string of the molecule is CCC(c1ccccc1)N(C)C.Cl.Cl.N. The van der Waals surface area contributed by atoms with Crippen LogP contribution in [-0.4, -0.2) is 19.0 Å². The van der Waals surface area contributed by atoms with Crippen molar-refractivity contribution in [3.63, 3.8) is 0 Å². The minimum absolute atomic E-state index is 0. The van der Waals surface area contributed by atoms with E-state index in [1.54, 1.807) is 0 Å². The molecule has 0 saturated heterocycles. The predicted octanol–water partition coefficient (Wildman–Crippen LogP) is 3.70. The Labute approximate surface area is 105 Å². The maximum absolute atomic E-state index is 2.26. The van der Waals surface area contributed by atoms with Crippen LogP contribution in [0.4, 0.5) is 0 Å². The zero-order valence-corrected chi connectivity index (χ0v) is 11.3. The lowest BCUT2D eigenvalue weighted by atomic mass is 10.0. The molecule has 0 spiro atoms. The molecule has 0 aromatic heterocycles. The van der Waals surface area contributed by atoms with Crippen LogP contribution in [0.2, 0.25) is 0 Å². The highest BCUT2D eigenvalue weighted by Crippen LogP contribution is 2.20. The fraction of sp³-hybridized carbons (Fsp3) is 0.455. The molecule has 0 amide bonds. The van der Waals surface area contributed by atoms with Crippen molar-refractivity contribution in [3.8, 4) is 0 Å². The first-order chi connectivity index (χ1) is 5.75. The molecule has 3 N–H and O–H groups in total. The Hall–Kier alpha value is -0.280. The molecule has 90 valence electrons. The molecule has 0 heterocycles. The summed E-state index contributed by atoms with van der Waals surface area (Å²) in [5, 5.41) is 0. The third kappa shape index (κ3) is 6.00. The first-order valence-corrected chi connectivity index (χ1v) is 4.47. The van der Waals surface area contributed by atoms with E-state index in [2.05, 4.69) is 56.3 Å². The van der Waals surface area contributed by atoms with Gasteiger partial charge < -0.3 is 11.1 Å². The van der Waals surface area contributed by atoms with Crippen LogP contribution < -0.4 is 6.15 Å². The number of rotatable bonds is 3. The van der Waals surface area contributed by atoms with Gasteiger partial charge in [-0.3, -0.25) is 0 Å². The first kappa shape index (κ1) is 20.2. The molecule has 1 aromatic carbocycles. The van der Waals surface area contributed by atoms with Gasteiger partial charge in [-0.1, -0.05) is 37.3 Å². The molecule has 0 aliphatic rings. The topological polar surface area (TPSA) is 38.2 Å². The number of hydrogen-bond acceptors (Lipinski definition) is 2. The van der Waals surface area contributed by atoms with Crippen molar-refractivity contribution >= 4 is 24.8 Å². The van der Waals surface area contributed by atoms with E-state index in [4.69, 9.17) is 0 Å². The number of halogens is 2. The van der Waals surface area contributed by atoms with Gasteiger partial charge in [0.1, 0.15) is 0 Å². The second-order valence-corrected chi connectivity index (χ2v) is 3.30. The van der Waals surface area contributed by atoms with Crippen LogP contribution in [0.25, 0.3) is 0 Å². The van der Waals surface area contributed by atoms with Gasteiger partial charge in [0, 0.05) is 6.04 Å². The van der Waals surface area contributed by atoms with Crippen LogP contribution in [-0.2, 0) is 0 Å². The molecule has 4 heteroatoms.